The van der Waals surface area contributed by atoms with Gasteiger partial charge in [-0.2, -0.15) is 0 Å². The number of carboxylic acid groups (broad SMARTS) is 1. The minimum Gasteiger partial charge on any atom is -0.508 e. The van der Waals surface area contributed by atoms with E-state index in [1.807, 2.05) is 0 Å². The molecule has 1 aliphatic heterocycles. The number of nitrogens with two attached hydrogens (primary N) is 1. The van der Waals surface area contributed by atoms with Gasteiger partial charge in [0.1, 0.15) is 23.9 Å². The van der Waals surface area contributed by atoms with Crippen LogP contribution in [-0.4, -0.2) is 69.5 Å². The van der Waals surface area contributed by atoms with Gasteiger partial charge in [-0.3, -0.25) is 14.4 Å². The number of carbonyl (C=O) groups excluding carboxylic acids is 3. The van der Waals surface area contributed by atoms with Crippen molar-refractivity contribution >= 4 is 23.7 Å². The maximum atomic E-state index is 13.4. The van der Waals surface area contributed by atoms with Gasteiger partial charge in [0.05, 0.1) is 6.04 Å². The van der Waals surface area contributed by atoms with E-state index in [-0.39, 0.29) is 30.6 Å². The molecule has 34 heavy (non-hydrogen) atoms. The molecule has 10 heteroatoms. The first kappa shape index (κ1) is 27.1. The van der Waals surface area contributed by atoms with Crippen molar-refractivity contribution in [3.8, 4) is 5.75 Å². The van der Waals surface area contributed by atoms with Crippen molar-refractivity contribution in [1.29, 1.82) is 0 Å². The average Bonchev–Trinajstić information content (AvgIpc) is 3.27. The molecule has 1 saturated heterocycles. The van der Waals surface area contributed by atoms with Gasteiger partial charge < -0.3 is 31.5 Å². The van der Waals surface area contributed by atoms with Crippen LogP contribution in [0.1, 0.15) is 46.1 Å². The van der Waals surface area contributed by atoms with Gasteiger partial charge >= 0.3 is 5.97 Å². The van der Waals surface area contributed by atoms with E-state index in [4.69, 9.17) is 5.73 Å². The molecule has 0 spiro atoms. The fraction of sp³-hybridized carbons (Fsp3) is 0.583. The number of aliphatic carboxylic acids is 1. The quantitative estimate of drug-likeness (QED) is 0.330. The molecule has 3 amide bonds. The van der Waals surface area contributed by atoms with Gasteiger partial charge in [-0.15, -0.1) is 0 Å². The largest absolute Gasteiger partial charge is 0.508 e. The molecule has 0 bridgehead atoms. The Morgan fingerprint density at radius 3 is 2.18 bits per heavy atom. The van der Waals surface area contributed by atoms with Gasteiger partial charge in [-0.25, -0.2) is 4.79 Å². The van der Waals surface area contributed by atoms with Crippen molar-refractivity contribution in [2.45, 2.75) is 71.1 Å². The summed E-state index contributed by atoms with van der Waals surface area (Å²) in [6.45, 7) is 7.42. The van der Waals surface area contributed by atoms with Gasteiger partial charge in [-0.05, 0) is 42.4 Å². The first-order valence-electron chi connectivity index (χ1n) is 11.6. The van der Waals surface area contributed by atoms with Crippen molar-refractivity contribution in [2.75, 3.05) is 6.54 Å². The maximum absolute atomic E-state index is 13.4. The zero-order valence-corrected chi connectivity index (χ0v) is 20.2. The van der Waals surface area contributed by atoms with Crippen molar-refractivity contribution in [3.63, 3.8) is 0 Å². The number of phenolic OH excluding ortho intramolecular Hbond substituents is 1. The van der Waals surface area contributed by atoms with Crippen molar-refractivity contribution in [3.05, 3.63) is 29.8 Å². The lowest BCUT2D eigenvalue weighted by molar-refractivity contribution is -0.149. The smallest absolute Gasteiger partial charge is 0.326 e. The van der Waals surface area contributed by atoms with Crippen LogP contribution in [0, 0.1) is 11.8 Å². The molecule has 0 radical (unpaired) electrons. The third-order valence-electron chi connectivity index (χ3n) is 6.08. The third kappa shape index (κ3) is 6.93. The van der Waals surface area contributed by atoms with Crippen LogP contribution in [0.15, 0.2) is 24.3 Å². The summed E-state index contributed by atoms with van der Waals surface area (Å²) in [6, 6.07) is 2.49. The van der Waals surface area contributed by atoms with Crippen LogP contribution in [0.5, 0.6) is 5.75 Å². The Morgan fingerprint density at radius 1 is 1.03 bits per heavy atom. The summed E-state index contributed by atoms with van der Waals surface area (Å²) < 4.78 is 0. The SMILES string of the molecule is CC(C)[C@H](N)C(=O)N[C@H](C(=O)N[C@@H](Cc1ccc(O)cc1)C(=O)N1CCC[C@H]1C(=O)O)C(C)C. The second-order valence-corrected chi connectivity index (χ2v) is 9.46. The molecule has 0 aliphatic carbocycles. The van der Waals surface area contributed by atoms with E-state index in [0.717, 1.165) is 0 Å². The van der Waals surface area contributed by atoms with Crippen LogP contribution in [-0.2, 0) is 25.6 Å². The van der Waals surface area contributed by atoms with Gasteiger partial charge in [0, 0.05) is 13.0 Å². The predicted octanol–water partition coefficient (Wildman–Crippen LogP) is 0.619. The van der Waals surface area contributed by atoms with Crippen molar-refractivity contribution in [1.82, 2.24) is 15.5 Å². The van der Waals surface area contributed by atoms with Crippen molar-refractivity contribution in [2.24, 2.45) is 17.6 Å². The van der Waals surface area contributed by atoms with E-state index in [1.54, 1.807) is 39.8 Å². The summed E-state index contributed by atoms with van der Waals surface area (Å²) >= 11 is 0. The number of aromatic hydroxyl groups is 1. The van der Waals surface area contributed by atoms with Gasteiger partial charge in [0.25, 0.3) is 0 Å². The van der Waals surface area contributed by atoms with Crippen LogP contribution in [0.25, 0.3) is 0 Å². The van der Waals surface area contributed by atoms with Crippen LogP contribution in [0.4, 0.5) is 0 Å². The first-order chi connectivity index (χ1) is 15.9. The van der Waals surface area contributed by atoms with E-state index < -0.39 is 47.9 Å². The second kappa shape index (κ2) is 11.8. The summed E-state index contributed by atoms with van der Waals surface area (Å²) in [7, 11) is 0. The van der Waals surface area contributed by atoms with Crippen LogP contribution in [0.2, 0.25) is 0 Å². The van der Waals surface area contributed by atoms with Crippen molar-refractivity contribution < 1.29 is 29.4 Å². The van der Waals surface area contributed by atoms with Gasteiger partial charge in [-0.1, -0.05) is 39.8 Å². The summed E-state index contributed by atoms with van der Waals surface area (Å²) in [5.74, 6) is -2.95. The highest BCUT2D eigenvalue weighted by Crippen LogP contribution is 2.20. The van der Waals surface area contributed by atoms with E-state index in [2.05, 4.69) is 10.6 Å². The highest BCUT2D eigenvalue weighted by Gasteiger charge is 2.38. The monoisotopic (exact) mass is 476 g/mol. The predicted molar refractivity (Wildman–Crippen MR) is 126 cm³/mol. The Morgan fingerprint density at radius 2 is 1.65 bits per heavy atom. The number of nitrogens with one attached hydrogen (secondary N) is 2. The topological polar surface area (TPSA) is 162 Å². The molecule has 0 unspecified atom stereocenters. The lowest BCUT2D eigenvalue weighted by Gasteiger charge is -2.30. The lowest BCUT2D eigenvalue weighted by Crippen LogP contribution is -2.59. The number of hydrogen-bond acceptors (Lipinski definition) is 6. The highest BCUT2D eigenvalue weighted by molar-refractivity contribution is 5.94. The fourth-order valence-corrected chi connectivity index (χ4v) is 3.90. The summed E-state index contributed by atoms with van der Waals surface area (Å²) in [6.07, 6.45) is 0.997. The number of phenols is 1. The fourth-order valence-electron chi connectivity index (χ4n) is 3.90. The molecular weight excluding hydrogens is 440 g/mol. The van der Waals surface area contributed by atoms with Crippen LogP contribution in [0.3, 0.4) is 0 Å². The first-order valence-corrected chi connectivity index (χ1v) is 11.6. The Bertz CT molecular complexity index is 886. The molecule has 6 N–H and O–H groups in total. The molecule has 2 rings (SSSR count). The normalized spacial score (nSPS) is 18.4. The minimum absolute atomic E-state index is 0.0604. The summed E-state index contributed by atoms with van der Waals surface area (Å²) in [4.78, 5) is 52.0. The number of likely N-dealkylation sites (tertiary alicyclic amines) is 1. The average molecular weight is 477 g/mol. The Hall–Kier alpha value is -3.14. The third-order valence-corrected chi connectivity index (χ3v) is 6.08. The molecule has 0 aromatic heterocycles. The molecule has 1 fully saturated rings. The highest BCUT2D eigenvalue weighted by atomic mass is 16.4. The maximum Gasteiger partial charge on any atom is 0.326 e. The summed E-state index contributed by atoms with van der Waals surface area (Å²) in [5, 5.41) is 24.5. The number of benzene rings is 1. The number of carboxylic acids is 1. The van der Waals surface area contributed by atoms with Gasteiger partial charge in [0.15, 0.2) is 0 Å². The molecule has 0 saturated carbocycles. The van der Waals surface area contributed by atoms with Crippen LogP contribution >= 0.6 is 0 Å². The number of carbonyl (C=O) groups is 4. The lowest BCUT2D eigenvalue weighted by atomic mass is 9.99. The molecule has 1 aromatic carbocycles. The molecule has 1 heterocycles. The Balaban J connectivity index is 2.27. The van der Waals surface area contributed by atoms with E-state index >= 15 is 0 Å². The molecular formula is C24H36N4O6. The second-order valence-electron chi connectivity index (χ2n) is 9.46. The Kier molecular flexibility index (Phi) is 9.43. The molecule has 1 aromatic rings. The number of hydrogen-bond donors (Lipinski definition) is 5. The molecule has 1 aliphatic rings. The molecule has 10 nitrogen and oxygen atoms in total. The van der Waals surface area contributed by atoms with E-state index in [1.165, 1.54) is 17.0 Å². The molecule has 188 valence electrons. The minimum atomic E-state index is -1.09. The standard InChI is InChI=1S/C24H36N4O6/c1-13(2)19(25)21(30)27-20(14(3)4)22(31)26-17(12-15-7-9-16(29)10-8-15)23(32)28-11-5-6-18(28)24(33)34/h7-10,13-14,17-20,29H,5-6,11-12,25H2,1-4H3,(H,26,31)(H,27,30)(H,33,34)/t17-,18-,19-,20-/m0/s1. The zero-order chi connectivity index (χ0) is 25.6. The summed E-state index contributed by atoms with van der Waals surface area (Å²) in [5.41, 5.74) is 6.59. The van der Waals surface area contributed by atoms with Gasteiger partial charge in [0.2, 0.25) is 17.7 Å². The Labute approximate surface area is 199 Å². The number of amides is 3. The number of nitrogens with zero attached hydrogens (tertiary/aromatic N) is 1. The van der Waals surface area contributed by atoms with Crippen LogP contribution < -0.4 is 16.4 Å². The van der Waals surface area contributed by atoms with E-state index in [0.29, 0.717) is 18.4 Å². The zero-order valence-electron chi connectivity index (χ0n) is 20.2. The van der Waals surface area contributed by atoms with E-state index in [9.17, 15) is 29.4 Å². The molecule has 4 atom stereocenters. The number of rotatable bonds is 10.